The minimum atomic E-state index is -0.178. The molecule has 1 saturated heterocycles. The first-order valence-electron chi connectivity index (χ1n) is 5.97. The molecule has 2 atom stereocenters. The van der Waals surface area contributed by atoms with Crippen LogP contribution in [0.4, 0.5) is 4.39 Å². The van der Waals surface area contributed by atoms with E-state index in [2.05, 4.69) is 0 Å². The second-order valence-electron chi connectivity index (χ2n) is 4.39. The summed E-state index contributed by atoms with van der Waals surface area (Å²) in [4.78, 5) is 0.679. The zero-order valence-electron chi connectivity index (χ0n) is 9.99. The van der Waals surface area contributed by atoms with Crippen LogP contribution >= 0.6 is 11.8 Å². The van der Waals surface area contributed by atoms with Gasteiger partial charge in [0.15, 0.2) is 0 Å². The van der Waals surface area contributed by atoms with Gasteiger partial charge in [-0.3, -0.25) is 0 Å². The lowest BCUT2D eigenvalue weighted by Crippen LogP contribution is -2.11. The van der Waals surface area contributed by atoms with E-state index in [1.807, 2.05) is 13.0 Å². The first-order valence-corrected chi connectivity index (χ1v) is 6.95. The van der Waals surface area contributed by atoms with Crippen molar-refractivity contribution in [2.75, 3.05) is 12.4 Å². The summed E-state index contributed by atoms with van der Waals surface area (Å²) < 4.78 is 19.3. The molecule has 1 aromatic rings. The summed E-state index contributed by atoms with van der Waals surface area (Å²) in [6.07, 6.45) is 2.46. The Labute approximate surface area is 106 Å². The predicted octanol–water partition coefficient (Wildman–Crippen LogP) is 3.12. The number of benzene rings is 1. The maximum Gasteiger partial charge on any atom is 0.137 e. The van der Waals surface area contributed by atoms with Crippen LogP contribution in [-0.4, -0.2) is 18.5 Å². The van der Waals surface area contributed by atoms with Crippen LogP contribution in [0.2, 0.25) is 0 Å². The van der Waals surface area contributed by atoms with Gasteiger partial charge in [-0.25, -0.2) is 4.39 Å². The third-order valence-electron chi connectivity index (χ3n) is 2.93. The molecular weight excluding hydrogens is 237 g/mol. The number of halogens is 1. The van der Waals surface area contributed by atoms with Crippen molar-refractivity contribution < 1.29 is 9.13 Å². The molecule has 0 saturated carbocycles. The maximum absolute atomic E-state index is 13.8. The van der Waals surface area contributed by atoms with Crippen molar-refractivity contribution >= 4 is 11.8 Å². The molecule has 2 nitrogen and oxygen atoms in total. The van der Waals surface area contributed by atoms with Crippen molar-refractivity contribution in [1.29, 1.82) is 0 Å². The number of hydrogen-bond donors (Lipinski definition) is 1. The predicted molar refractivity (Wildman–Crippen MR) is 68.7 cm³/mol. The van der Waals surface area contributed by atoms with Crippen LogP contribution in [0.5, 0.6) is 0 Å². The van der Waals surface area contributed by atoms with E-state index in [-0.39, 0.29) is 18.0 Å². The average molecular weight is 255 g/mol. The minimum Gasteiger partial charge on any atom is -0.377 e. The number of hydrogen-bond acceptors (Lipinski definition) is 3. The molecule has 1 unspecified atom stereocenters. The van der Waals surface area contributed by atoms with Gasteiger partial charge < -0.3 is 10.5 Å². The molecule has 1 fully saturated rings. The first-order chi connectivity index (χ1) is 8.18. The van der Waals surface area contributed by atoms with Crippen LogP contribution in [0, 0.1) is 5.82 Å². The molecular formula is C13H18FNOS. The lowest BCUT2D eigenvalue weighted by atomic mass is 10.1. The van der Waals surface area contributed by atoms with Crippen LogP contribution in [0.3, 0.4) is 0 Å². The van der Waals surface area contributed by atoms with Crippen LogP contribution < -0.4 is 5.73 Å². The number of nitrogens with two attached hydrogens (primary N) is 1. The van der Waals surface area contributed by atoms with Gasteiger partial charge in [-0.05, 0) is 31.4 Å². The summed E-state index contributed by atoms with van der Waals surface area (Å²) in [6, 6.07) is 4.96. The molecule has 1 aliphatic rings. The van der Waals surface area contributed by atoms with Crippen molar-refractivity contribution in [1.82, 2.24) is 0 Å². The zero-order chi connectivity index (χ0) is 12.3. The van der Waals surface area contributed by atoms with E-state index in [1.165, 1.54) is 17.8 Å². The highest BCUT2D eigenvalue weighted by molar-refractivity contribution is 7.99. The minimum absolute atomic E-state index is 0.141. The Hall–Kier alpha value is -0.580. The third-order valence-corrected chi connectivity index (χ3v) is 4.18. The smallest absolute Gasteiger partial charge is 0.137 e. The van der Waals surface area contributed by atoms with Gasteiger partial charge in [0.1, 0.15) is 5.82 Å². The van der Waals surface area contributed by atoms with E-state index in [9.17, 15) is 4.39 Å². The molecule has 0 aromatic heterocycles. The van der Waals surface area contributed by atoms with Crippen molar-refractivity contribution in [2.24, 2.45) is 5.73 Å². The Balaban J connectivity index is 2.07. The van der Waals surface area contributed by atoms with Gasteiger partial charge in [-0.2, -0.15) is 0 Å². The summed E-state index contributed by atoms with van der Waals surface area (Å²) in [6.45, 7) is 2.72. The molecule has 0 aliphatic carbocycles. The largest absolute Gasteiger partial charge is 0.377 e. The third kappa shape index (κ3) is 3.21. The summed E-state index contributed by atoms with van der Waals surface area (Å²) in [5.41, 5.74) is 6.74. The Morgan fingerprint density at radius 2 is 2.41 bits per heavy atom. The maximum atomic E-state index is 13.8. The fourth-order valence-electron chi connectivity index (χ4n) is 1.99. The topological polar surface area (TPSA) is 35.2 Å². The zero-order valence-corrected chi connectivity index (χ0v) is 10.8. The second kappa shape index (κ2) is 5.85. The van der Waals surface area contributed by atoms with Gasteiger partial charge in [-0.1, -0.05) is 12.1 Å². The van der Waals surface area contributed by atoms with Crippen LogP contribution in [0.25, 0.3) is 0 Å². The molecule has 1 aromatic carbocycles. The summed E-state index contributed by atoms with van der Waals surface area (Å²) in [7, 11) is 0. The van der Waals surface area contributed by atoms with Crippen molar-refractivity contribution in [3.05, 3.63) is 29.6 Å². The van der Waals surface area contributed by atoms with Gasteiger partial charge >= 0.3 is 0 Å². The Kier molecular flexibility index (Phi) is 4.42. The highest BCUT2D eigenvalue weighted by atomic mass is 32.2. The molecule has 1 heterocycles. The molecule has 2 rings (SSSR count). The van der Waals surface area contributed by atoms with E-state index < -0.39 is 0 Å². The van der Waals surface area contributed by atoms with E-state index in [4.69, 9.17) is 10.5 Å². The van der Waals surface area contributed by atoms with Gasteiger partial charge in [0.25, 0.3) is 0 Å². The monoisotopic (exact) mass is 255 g/mol. The normalized spacial score (nSPS) is 21.7. The lowest BCUT2D eigenvalue weighted by molar-refractivity contribution is 0.129. The molecule has 0 radical (unpaired) electrons. The molecule has 17 heavy (non-hydrogen) atoms. The van der Waals surface area contributed by atoms with Crippen LogP contribution in [0.1, 0.15) is 31.4 Å². The number of thioether (sulfide) groups is 1. The van der Waals surface area contributed by atoms with E-state index in [0.29, 0.717) is 4.90 Å². The number of rotatable bonds is 4. The second-order valence-corrected chi connectivity index (χ2v) is 5.42. The first kappa shape index (κ1) is 12.9. The molecule has 4 heteroatoms. The molecule has 0 spiro atoms. The Morgan fingerprint density at radius 3 is 3.06 bits per heavy atom. The van der Waals surface area contributed by atoms with Crippen LogP contribution in [-0.2, 0) is 4.74 Å². The SMILES string of the molecule is C[C@H](N)c1cccc(F)c1SCC1CCCO1. The van der Waals surface area contributed by atoms with Gasteiger partial charge in [-0.15, -0.1) is 11.8 Å². The van der Waals surface area contributed by atoms with E-state index in [0.717, 1.165) is 30.8 Å². The average Bonchev–Trinajstić information content (AvgIpc) is 2.80. The van der Waals surface area contributed by atoms with Gasteiger partial charge in [0.05, 0.1) is 6.10 Å². The molecule has 0 bridgehead atoms. The molecule has 0 amide bonds. The lowest BCUT2D eigenvalue weighted by Gasteiger charge is -2.15. The fraction of sp³-hybridized carbons (Fsp3) is 0.538. The van der Waals surface area contributed by atoms with Gasteiger partial charge in [0, 0.05) is 23.3 Å². The highest BCUT2D eigenvalue weighted by Gasteiger charge is 2.18. The Bertz CT molecular complexity index is 378. The van der Waals surface area contributed by atoms with E-state index in [1.54, 1.807) is 6.07 Å². The van der Waals surface area contributed by atoms with Crippen molar-refractivity contribution in [3.63, 3.8) is 0 Å². The highest BCUT2D eigenvalue weighted by Crippen LogP contribution is 2.31. The molecule has 1 aliphatic heterocycles. The fourth-order valence-corrected chi connectivity index (χ4v) is 3.23. The summed E-state index contributed by atoms with van der Waals surface area (Å²) in [5.74, 6) is 0.628. The van der Waals surface area contributed by atoms with Crippen LogP contribution in [0.15, 0.2) is 23.1 Å². The standard InChI is InChI=1S/C13H18FNOS/c1-9(15)11-5-2-6-12(14)13(11)17-8-10-4-3-7-16-10/h2,5-6,9-10H,3-4,7-8,15H2,1H3/t9-,10?/m0/s1. The quantitative estimate of drug-likeness (QED) is 0.840. The van der Waals surface area contributed by atoms with Crippen molar-refractivity contribution in [3.8, 4) is 0 Å². The number of ether oxygens (including phenoxy) is 1. The van der Waals surface area contributed by atoms with Gasteiger partial charge in [0.2, 0.25) is 0 Å². The Morgan fingerprint density at radius 1 is 1.59 bits per heavy atom. The summed E-state index contributed by atoms with van der Waals surface area (Å²) in [5, 5.41) is 0. The van der Waals surface area contributed by atoms with E-state index >= 15 is 0 Å². The molecule has 94 valence electrons. The molecule has 2 N–H and O–H groups in total. The van der Waals surface area contributed by atoms with Crippen molar-refractivity contribution in [2.45, 2.75) is 36.8 Å². The summed E-state index contributed by atoms with van der Waals surface area (Å²) >= 11 is 1.52.